The standard InChI is InChI=1S/C8H14.C2H6.H3N/c1-8(2)6-4-3-5-7(6)8;1-2;/h6-7H,3-5H2,1-2H3;1-2H3;1H3. The molecular weight excluding hydrogens is 134 g/mol. The third-order valence-electron chi connectivity index (χ3n) is 3.32. The first-order valence-electron chi connectivity index (χ1n) is 4.73. The van der Waals surface area contributed by atoms with E-state index in [0.717, 1.165) is 17.3 Å². The fourth-order valence-electron chi connectivity index (χ4n) is 2.56. The molecule has 0 heterocycles. The zero-order valence-corrected chi connectivity index (χ0v) is 8.48. The van der Waals surface area contributed by atoms with E-state index in [-0.39, 0.29) is 6.15 Å². The average Bonchev–Trinajstić information content (AvgIpc) is 2.42. The van der Waals surface area contributed by atoms with E-state index in [4.69, 9.17) is 0 Å². The molecule has 0 aromatic heterocycles. The molecule has 11 heavy (non-hydrogen) atoms. The highest BCUT2D eigenvalue weighted by atomic mass is 14.6. The minimum absolute atomic E-state index is 0. The van der Waals surface area contributed by atoms with Crippen LogP contribution in [-0.2, 0) is 0 Å². The summed E-state index contributed by atoms with van der Waals surface area (Å²) in [6.07, 6.45) is 4.56. The van der Waals surface area contributed by atoms with Crippen LogP contribution in [0.3, 0.4) is 0 Å². The van der Waals surface area contributed by atoms with Gasteiger partial charge in [0, 0.05) is 0 Å². The van der Waals surface area contributed by atoms with E-state index < -0.39 is 0 Å². The second-order valence-electron chi connectivity index (χ2n) is 3.97. The second-order valence-corrected chi connectivity index (χ2v) is 3.97. The van der Waals surface area contributed by atoms with Gasteiger partial charge >= 0.3 is 0 Å². The van der Waals surface area contributed by atoms with Gasteiger partial charge in [-0.1, -0.05) is 34.1 Å². The summed E-state index contributed by atoms with van der Waals surface area (Å²) in [5.41, 5.74) is 0.762. The largest absolute Gasteiger partial charge is 0.344 e. The lowest BCUT2D eigenvalue weighted by atomic mass is 10.0. The van der Waals surface area contributed by atoms with E-state index >= 15 is 0 Å². The van der Waals surface area contributed by atoms with Gasteiger partial charge in [0.15, 0.2) is 0 Å². The molecule has 0 saturated heterocycles. The van der Waals surface area contributed by atoms with Gasteiger partial charge in [-0.3, -0.25) is 0 Å². The molecule has 0 aromatic rings. The summed E-state index contributed by atoms with van der Waals surface area (Å²) in [6, 6.07) is 0. The van der Waals surface area contributed by atoms with Crippen LogP contribution in [0.4, 0.5) is 0 Å². The summed E-state index contributed by atoms with van der Waals surface area (Å²) in [6.45, 7) is 8.84. The molecule has 0 aromatic carbocycles. The van der Waals surface area contributed by atoms with Crippen molar-refractivity contribution in [3.63, 3.8) is 0 Å². The predicted octanol–water partition coefficient (Wildman–Crippen LogP) is 3.63. The van der Waals surface area contributed by atoms with Crippen LogP contribution < -0.4 is 6.15 Å². The lowest BCUT2D eigenvalue weighted by Gasteiger charge is -2.04. The smallest absolute Gasteiger partial charge is 0.0292 e. The maximum atomic E-state index is 2.42. The first-order chi connectivity index (χ1) is 4.73. The van der Waals surface area contributed by atoms with Gasteiger partial charge in [0.05, 0.1) is 0 Å². The van der Waals surface area contributed by atoms with Crippen LogP contribution >= 0.6 is 0 Å². The molecule has 0 radical (unpaired) electrons. The van der Waals surface area contributed by atoms with E-state index in [2.05, 4.69) is 13.8 Å². The molecule has 0 spiro atoms. The first kappa shape index (κ1) is 11.0. The molecule has 2 aliphatic carbocycles. The Balaban J connectivity index is 0.000000311. The van der Waals surface area contributed by atoms with Crippen LogP contribution in [0.25, 0.3) is 0 Å². The second kappa shape index (κ2) is 3.57. The van der Waals surface area contributed by atoms with Crippen molar-refractivity contribution < 1.29 is 0 Å². The quantitative estimate of drug-likeness (QED) is 0.572. The Labute approximate surface area is 71.2 Å². The van der Waals surface area contributed by atoms with Gasteiger partial charge in [0.1, 0.15) is 0 Å². The highest BCUT2D eigenvalue weighted by molar-refractivity contribution is 5.07. The van der Waals surface area contributed by atoms with Gasteiger partial charge in [0.2, 0.25) is 0 Å². The van der Waals surface area contributed by atoms with Gasteiger partial charge in [-0.25, -0.2) is 0 Å². The maximum Gasteiger partial charge on any atom is -0.0292 e. The summed E-state index contributed by atoms with van der Waals surface area (Å²) in [5, 5.41) is 0. The molecule has 0 amide bonds. The third-order valence-corrected chi connectivity index (χ3v) is 3.32. The number of fused-ring (bicyclic) bond motifs is 1. The van der Waals surface area contributed by atoms with E-state index in [1.165, 1.54) is 19.3 Å². The van der Waals surface area contributed by atoms with Crippen molar-refractivity contribution in [2.24, 2.45) is 17.3 Å². The molecule has 0 bridgehead atoms. The first-order valence-corrected chi connectivity index (χ1v) is 4.73. The average molecular weight is 157 g/mol. The summed E-state index contributed by atoms with van der Waals surface area (Å²) < 4.78 is 0. The lowest BCUT2D eigenvalue weighted by molar-refractivity contribution is 0.465. The number of hydrogen-bond acceptors (Lipinski definition) is 1. The predicted molar refractivity (Wildman–Crippen MR) is 51.0 cm³/mol. The molecular formula is C10H23N. The molecule has 68 valence electrons. The highest BCUT2D eigenvalue weighted by Crippen LogP contribution is 2.66. The third kappa shape index (κ3) is 1.58. The number of rotatable bonds is 0. The van der Waals surface area contributed by atoms with E-state index in [1.807, 2.05) is 13.8 Å². The Bertz CT molecular complexity index is 106. The molecule has 1 nitrogen and oxygen atoms in total. The van der Waals surface area contributed by atoms with Crippen LogP contribution in [0, 0.1) is 17.3 Å². The Morgan fingerprint density at radius 2 is 1.36 bits per heavy atom. The zero-order valence-electron chi connectivity index (χ0n) is 8.48. The topological polar surface area (TPSA) is 35.0 Å². The molecule has 1 heteroatoms. The monoisotopic (exact) mass is 157 g/mol. The van der Waals surface area contributed by atoms with Crippen LogP contribution in [0.15, 0.2) is 0 Å². The molecule has 2 saturated carbocycles. The fourth-order valence-corrected chi connectivity index (χ4v) is 2.56. The van der Waals surface area contributed by atoms with Gasteiger partial charge in [0.25, 0.3) is 0 Å². The van der Waals surface area contributed by atoms with Crippen molar-refractivity contribution in [1.29, 1.82) is 0 Å². The highest BCUT2D eigenvalue weighted by Gasteiger charge is 2.58. The molecule has 2 atom stereocenters. The maximum absolute atomic E-state index is 2.42. The van der Waals surface area contributed by atoms with Crippen molar-refractivity contribution in [1.82, 2.24) is 6.15 Å². The molecule has 2 rings (SSSR count). The summed E-state index contributed by atoms with van der Waals surface area (Å²) in [5.74, 6) is 2.25. The SMILES string of the molecule is CC.CC1(C)C2CCCC21.N. The molecule has 2 aliphatic rings. The van der Waals surface area contributed by atoms with E-state index in [1.54, 1.807) is 0 Å². The van der Waals surface area contributed by atoms with Crippen molar-refractivity contribution in [3.8, 4) is 0 Å². The minimum atomic E-state index is 0. The van der Waals surface area contributed by atoms with Crippen LogP contribution in [0.1, 0.15) is 47.0 Å². The molecule has 2 fully saturated rings. The van der Waals surface area contributed by atoms with Gasteiger partial charge in [-0.2, -0.15) is 0 Å². The van der Waals surface area contributed by atoms with Gasteiger partial charge < -0.3 is 6.15 Å². The van der Waals surface area contributed by atoms with Crippen LogP contribution in [0.5, 0.6) is 0 Å². The van der Waals surface area contributed by atoms with Crippen LogP contribution in [0.2, 0.25) is 0 Å². The van der Waals surface area contributed by atoms with E-state index in [9.17, 15) is 0 Å². The zero-order chi connectivity index (χ0) is 7.78. The van der Waals surface area contributed by atoms with E-state index in [0.29, 0.717) is 0 Å². The van der Waals surface area contributed by atoms with Crippen LogP contribution in [-0.4, -0.2) is 0 Å². The molecule has 0 aliphatic heterocycles. The lowest BCUT2D eigenvalue weighted by Crippen LogP contribution is -1.94. The van der Waals surface area contributed by atoms with Crippen molar-refractivity contribution in [2.45, 2.75) is 47.0 Å². The summed E-state index contributed by atoms with van der Waals surface area (Å²) >= 11 is 0. The Kier molecular flexibility index (Phi) is 3.56. The molecule has 3 N–H and O–H groups in total. The summed E-state index contributed by atoms with van der Waals surface area (Å²) in [4.78, 5) is 0. The Morgan fingerprint density at radius 3 is 1.55 bits per heavy atom. The summed E-state index contributed by atoms with van der Waals surface area (Å²) in [7, 11) is 0. The van der Waals surface area contributed by atoms with Crippen molar-refractivity contribution in [3.05, 3.63) is 0 Å². The van der Waals surface area contributed by atoms with Crippen molar-refractivity contribution >= 4 is 0 Å². The van der Waals surface area contributed by atoms with Crippen molar-refractivity contribution in [2.75, 3.05) is 0 Å². The van der Waals surface area contributed by atoms with Gasteiger partial charge in [-0.05, 0) is 30.1 Å². The van der Waals surface area contributed by atoms with Gasteiger partial charge in [-0.15, -0.1) is 0 Å². The minimum Gasteiger partial charge on any atom is -0.344 e. The number of hydrogen-bond donors (Lipinski definition) is 1. The molecule has 2 unspecified atom stereocenters. The Morgan fingerprint density at radius 1 is 1.00 bits per heavy atom. The normalized spacial score (nSPS) is 36.0. The Hall–Kier alpha value is -0.0400. The fraction of sp³-hybridized carbons (Fsp3) is 1.00.